The fourth-order valence-corrected chi connectivity index (χ4v) is 1.11. The van der Waals surface area contributed by atoms with Crippen LogP contribution in [0.15, 0.2) is 12.3 Å². The Kier molecular flexibility index (Phi) is 3.07. The Morgan fingerprint density at radius 3 is 2.69 bits per heavy atom. The van der Waals surface area contributed by atoms with Crippen molar-refractivity contribution in [2.24, 2.45) is 0 Å². The van der Waals surface area contributed by atoms with Crippen molar-refractivity contribution in [3.8, 4) is 5.75 Å². The molecule has 1 rings (SSSR count). The highest BCUT2D eigenvalue weighted by Crippen LogP contribution is 2.17. The molecule has 0 atom stereocenters. The molecular formula is C8H9IN2O2. The van der Waals surface area contributed by atoms with Gasteiger partial charge in [-0.1, -0.05) is 0 Å². The molecule has 0 aromatic carbocycles. The lowest BCUT2D eigenvalue weighted by Gasteiger charge is -2.09. The van der Waals surface area contributed by atoms with Gasteiger partial charge in [-0.15, -0.1) is 0 Å². The van der Waals surface area contributed by atoms with Crippen LogP contribution in [0.5, 0.6) is 5.75 Å². The predicted molar refractivity (Wildman–Crippen MR) is 56.6 cm³/mol. The molecule has 0 aliphatic carbocycles. The van der Waals surface area contributed by atoms with Crippen LogP contribution in [-0.4, -0.2) is 35.0 Å². The summed E-state index contributed by atoms with van der Waals surface area (Å²) in [7, 11) is 3.30. The fourth-order valence-electron chi connectivity index (χ4n) is 0.812. The van der Waals surface area contributed by atoms with Crippen molar-refractivity contribution in [1.82, 2.24) is 9.88 Å². The fraction of sp³-hybridized carbons (Fsp3) is 0.250. The van der Waals surface area contributed by atoms with Gasteiger partial charge in [0.25, 0.3) is 5.91 Å². The van der Waals surface area contributed by atoms with Crippen LogP contribution in [0.3, 0.4) is 0 Å². The average molecular weight is 292 g/mol. The number of carbonyl (C=O) groups excluding carboxylic acids is 1. The molecule has 1 aromatic rings. The molecule has 13 heavy (non-hydrogen) atoms. The molecule has 0 unspecified atom stereocenters. The summed E-state index contributed by atoms with van der Waals surface area (Å²) in [6.07, 6.45) is 1.45. The van der Waals surface area contributed by atoms with Gasteiger partial charge in [-0.2, -0.15) is 0 Å². The number of halogens is 1. The number of aromatic hydroxyl groups is 1. The maximum absolute atomic E-state index is 11.4. The normalized spacial score (nSPS) is 9.77. The zero-order chi connectivity index (χ0) is 10.0. The van der Waals surface area contributed by atoms with Gasteiger partial charge in [-0.3, -0.25) is 4.79 Å². The number of nitrogens with zero attached hydrogens (tertiary/aromatic N) is 2. The minimum absolute atomic E-state index is 0.0355. The minimum atomic E-state index is -0.167. The lowest BCUT2D eigenvalue weighted by Crippen LogP contribution is -2.21. The molecule has 0 radical (unpaired) electrons. The van der Waals surface area contributed by atoms with Gasteiger partial charge < -0.3 is 10.0 Å². The second-order valence-electron chi connectivity index (χ2n) is 2.73. The maximum atomic E-state index is 11.4. The summed E-state index contributed by atoms with van der Waals surface area (Å²) in [5.41, 5.74) is 0.392. The van der Waals surface area contributed by atoms with Gasteiger partial charge in [0, 0.05) is 20.3 Å². The topological polar surface area (TPSA) is 53.4 Å². The molecule has 5 heteroatoms. The Morgan fingerprint density at radius 1 is 1.62 bits per heavy atom. The first-order valence-corrected chi connectivity index (χ1v) is 4.66. The van der Waals surface area contributed by atoms with Gasteiger partial charge in [-0.25, -0.2) is 4.98 Å². The van der Waals surface area contributed by atoms with Crippen molar-refractivity contribution in [2.75, 3.05) is 14.1 Å². The molecule has 1 N–H and O–H groups in total. The lowest BCUT2D eigenvalue weighted by atomic mass is 10.2. The van der Waals surface area contributed by atoms with Crippen LogP contribution in [0.1, 0.15) is 10.4 Å². The molecule has 1 amide bonds. The molecule has 0 aliphatic rings. The number of amides is 1. The van der Waals surface area contributed by atoms with E-state index in [1.807, 2.05) is 22.6 Å². The number of carbonyl (C=O) groups is 1. The number of hydrogen-bond donors (Lipinski definition) is 1. The Morgan fingerprint density at radius 2 is 2.23 bits per heavy atom. The zero-order valence-corrected chi connectivity index (χ0v) is 9.44. The van der Waals surface area contributed by atoms with E-state index in [4.69, 9.17) is 0 Å². The van der Waals surface area contributed by atoms with Crippen molar-refractivity contribution < 1.29 is 9.90 Å². The van der Waals surface area contributed by atoms with Crippen LogP contribution >= 0.6 is 22.6 Å². The molecular weight excluding hydrogens is 283 g/mol. The van der Waals surface area contributed by atoms with Gasteiger partial charge >= 0.3 is 0 Å². The van der Waals surface area contributed by atoms with Crippen LogP contribution < -0.4 is 0 Å². The Hall–Kier alpha value is -0.850. The first-order valence-electron chi connectivity index (χ1n) is 3.58. The Labute approximate surface area is 89.7 Å². The van der Waals surface area contributed by atoms with Gasteiger partial charge in [0.2, 0.25) is 0 Å². The van der Waals surface area contributed by atoms with Gasteiger partial charge in [-0.05, 0) is 28.7 Å². The lowest BCUT2D eigenvalue weighted by molar-refractivity contribution is 0.0826. The third-order valence-corrected chi connectivity index (χ3v) is 2.30. The van der Waals surface area contributed by atoms with Crippen LogP contribution in [0, 0.1) is 3.70 Å². The SMILES string of the molecule is CN(C)C(=O)c1cnc(I)c(O)c1. The Bertz CT molecular complexity index is 339. The van der Waals surface area contributed by atoms with Crippen molar-refractivity contribution in [3.63, 3.8) is 0 Å². The summed E-state index contributed by atoms with van der Waals surface area (Å²) in [5.74, 6) is -0.132. The highest BCUT2D eigenvalue weighted by molar-refractivity contribution is 14.1. The van der Waals surface area contributed by atoms with Crippen molar-refractivity contribution in [1.29, 1.82) is 0 Å². The van der Waals surface area contributed by atoms with E-state index >= 15 is 0 Å². The highest BCUT2D eigenvalue weighted by Gasteiger charge is 2.10. The molecule has 0 bridgehead atoms. The molecule has 0 saturated carbocycles. The van der Waals surface area contributed by atoms with E-state index in [1.54, 1.807) is 14.1 Å². The Balaban J connectivity index is 3.04. The molecule has 4 nitrogen and oxygen atoms in total. The number of hydrogen-bond acceptors (Lipinski definition) is 3. The van der Waals surface area contributed by atoms with Crippen molar-refractivity contribution in [2.45, 2.75) is 0 Å². The molecule has 0 aliphatic heterocycles. The monoisotopic (exact) mass is 292 g/mol. The van der Waals surface area contributed by atoms with E-state index < -0.39 is 0 Å². The minimum Gasteiger partial charge on any atom is -0.505 e. The third-order valence-electron chi connectivity index (χ3n) is 1.47. The first-order chi connectivity index (χ1) is 6.02. The van der Waals surface area contributed by atoms with E-state index in [-0.39, 0.29) is 11.7 Å². The van der Waals surface area contributed by atoms with Crippen LogP contribution in [-0.2, 0) is 0 Å². The summed E-state index contributed by atoms with van der Waals surface area (Å²) in [6.45, 7) is 0. The van der Waals surface area contributed by atoms with Crippen LogP contribution in [0.25, 0.3) is 0 Å². The number of aromatic nitrogens is 1. The summed E-state index contributed by atoms with van der Waals surface area (Å²) < 4.78 is 0.493. The second-order valence-corrected chi connectivity index (χ2v) is 3.76. The maximum Gasteiger partial charge on any atom is 0.255 e. The predicted octanol–water partition coefficient (Wildman–Crippen LogP) is 1.09. The highest BCUT2D eigenvalue weighted by atomic mass is 127. The van der Waals surface area contributed by atoms with Gasteiger partial charge in [0.15, 0.2) is 0 Å². The molecule has 1 heterocycles. The van der Waals surface area contributed by atoms with E-state index in [0.717, 1.165) is 0 Å². The van der Waals surface area contributed by atoms with Crippen molar-refractivity contribution >= 4 is 28.5 Å². The van der Waals surface area contributed by atoms with E-state index in [2.05, 4.69) is 4.98 Å². The van der Waals surface area contributed by atoms with Crippen molar-refractivity contribution in [3.05, 3.63) is 21.5 Å². The average Bonchev–Trinajstić information content (AvgIpc) is 2.08. The molecule has 0 fully saturated rings. The first kappa shape index (κ1) is 10.2. The third kappa shape index (κ3) is 2.30. The summed E-state index contributed by atoms with van der Waals surface area (Å²) >= 11 is 1.90. The second kappa shape index (κ2) is 3.91. The smallest absolute Gasteiger partial charge is 0.255 e. The quantitative estimate of drug-likeness (QED) is 0.623. The largest absolute Gasteiger partial charge is 0.505 e. The molecule has 0 spiro atoms. The zero-order valence-electron chi connectivity index (χ0n) is 7.28. The van der Waals surface area contributed by atoms with E-state index in [0.29, 0.717) is 9.26 Å². The summed E-state index contributed by atoms with van der Waals surface area (Å²) in [6, 6.07) is 1.41. The standard InChI is InChI=1S/C8H9IN2O2/c1-11(2)8(13)5-3-6(12)7(9)10-4-5/h3-4,12H,1-2H3. The summed E-state index contributed by atoms with van der Waals surface area (Å²) in [4.78, 5) is 16.7. The van der Waals surface area contributed by atoms with E-state index in [9.17, 15) is 9.90 Å². The van der Waals surface area contributed by atoms with Crippen LogP contribution in [0.4, 0.5) is 0 Å². The van der Waals surface area contributed by atoms with Crippen LogP contribution in [0.2, 0.25) is 0 Å². The summed E-state index contributed by atoms with van der Waals surface area (Å²) in [5, 5.41) is 9.29. The number of pyridine rings is 1. The molecule has 0 saturated heterocycles. The van der Waals surface area contributed by atoms with Gasteiger partial charge in [0.05, 0.1) is 5.56 Å². The molecule has 70 valence electrons. The van der Waals surface area contributed by atoms with E-state index in [1.165, 1.54) is 17.2 Å². The van der Waals surface area contributed by atoms with Gasteiger partial charge in [0.1, 0.15) is 9.45 Å². The number of rotatable bonds is 1. The molecule has 1 aromatic heterocycles.